The summed E-state index contributed by atoms with van der Waals surface area (Å²) >= 11 is 0. The molecule has 3 atom stereocenters. The molecule has 1 aliphatic carbocycles. The fourth-order valence-corrected chi connectivity index (χ4v) is 5.23. The number of rotatable bonds is 10. The lowest BCUT2D eigenvalue weighted by molar-refractivity contribution is -0.133. The molecular formula is C26H37N3O5. The molecule has 8 nitrogen and oxygen atoms in total. The molecular weight excluding hydrogens is 434 g/mol. The van der Waals surface area contributed by atoms with E-state index in [1.807, 2.05) is 23.1 Å². The van der Waals surface area contributed by atoms with Crippen molar-refractivity contribution in [3.05, 3.63) is 35.9 Å². The van der Waals surface area contributed by atoms with E-state index in [2.05, 4.69) is 22.8 Å². The highest BCUT2D eigenvalue weighted by molar-refractivity contribution is 5.87. The van der Waals surface area contributed by atoms with E-state index < -0.39 is 24.1 Å². The van der Waals surface area contributed by atoms with Gasteiger partial charge in [0, 0.05) is 25.4 Å². The summed E-state index contributed by atoms with van der Waals surface area (Å²) in [6.45, 7) is 1.36. The normalized spacial score (nSPS) is 20.7. The van der Waals surface area contributed by atoms with Gasteiger partial charge in [0.15, 0.2) is 0 Å². The Morgan fingerprint density at radius 1 is 1.03 bits per heavy atom. The molecule has 1 aliphatic heterocycles. The van der Waals surface area contributed by atoms with Crippen molar-refractivity contribution in [2.45, 2.75) is 82.2 Å². The summed E-state index contributed by atoms with van der Waals surface area (Å²) in [4.78, 5) is 50.3. The topological polar surface area (TPSA) is 116 Å². The van der Waals surface area contributed by atoms with Crippen molar-refractivity contribution in [2.75, 3.05) is 13.1 Å². The lowest BCUT2D eigenvalue weighted by Crippen LogP contribution is -2.50. The molecule has 0 bridgehead atoms. The molecule has 3 rings (SSSR count). The second kappa shape index (κ2) is 13.1. The molecule has 1 aromatic rings. The third kappa shape index (κ3) is 7.85. The first-order valence-electron chi connectivity index (χ1n) is 12.5. The maximum atomic E-state index is 12.8. The minimum atomic E-state index is -1.26. The van der Waals surface area contributed by atoms with E-state index in [0.717, 1.165) is 38.5 Å². The van der Waals surface area contributed by atoms with Gasteiger partial charge in [-0.1, -0.05) is 62.4 Å². The summed E-state index contributed by atoms with van der Waals surface area (Å²) < 4.78 is 0. The highest BCUT2D eigenvalue weighted by atomic mass is 16.4. The molecule has 34 heavy (non-hydrogen) atoms. The van der Waals surface area contributed by atoms with Crippen molar-refractivity contribution >= 4 is 24.2 Å². The van der Waals surface area contributed by atoms with Crippen molar-refractivity contribution in [3.8, 4) is 0 Å². The van der Waals surface area contributed by atoms with Crippen LogP contribution in [0.15, 0.2) is 30.3 Å². The van der Waals surface area contributed by atoms with Crippen LogP contribution < -0.4 is 10.6 Å². The van der Waals surface area contributed by atoms with E-state index in [-0.39, 0.29) is 18.7 Å². The molecule has 0 aromatic heterocycles. The SMILES string of the molecule is O=C[C@H](CCC(=O)N1CCCC(c2ccccc2)C1)NC(=O)[C@H](CC1CCCCC1)NC(=O)O. The van der Waals surface area contributed by atoms with E-state index in [1.165, 1.54) is 12.0 Å². The lowest BCUT2D eigenvalue weighted by Gasteiger charge is -2.33. The predicted octanol–water partition coefficient (Wildman–Crippen LogP) is 3.46. The number of piperidine rings is 1. The number of carbonyl (C=O) groups excluding carboxylic acids is 3. The fourth-order valence-electron chi connectivity index (χ4n) is 5.23. The van der Waals surface area contributed by atoms with E-state index in [1.54, 1.807) is 0 Å². The number of benzene rings is 1. The predicted molar refractivity (Wildman–Crippen MR) is 128 cm³/mol. The van der Waals surface area contributed by atoms with Gasteiger partial charge in [0.25, 0.3) is 0 Å². The van der Waals surface area contributed by atoms with Gasteiger partial charge in [0.1, 0.15) is 12.3 Å². The van der Waals surface area contributed by atoms with Crippen LogP contribution in [0.2, 0.25) is 0 Å². The van der Waals surface area contributed by atoms with Gasteiger partial charge in [-0.25, -0.2) is 4.79 Å². The molecule has 2 aliphatic rings. The Bertz CT molecular complexity index is 825. The Balaban J connectivity index is 1.50. The fraction of sp³-hybridized carbons (Fsp3) is 0.615. The lowest BCUT2D eigenvalue weighted by atomic mass is 9.84. The molecule has 0 spiro atoms. The number of nitrogens with zero attached hydrogens (tertiary/aromatic N) is 1. The zero-order valence-corrected chi connectivity index (χ0v) is 19.8. The van der Waals surface area contributed by atoms with Crippen molar-refractivity contribution in [2.24, 2.45) is 5.92 Å². The van der Waals surface area contributed by atoms with Crippen molar-refractivity contribution in [3.63, 3.8) is 0 Å². The minimum Gasteiger partial charge on any atom is -0.465 e. The number of hydrogen-bond donors (Lipinski definition) is 3. The molecule has 1 aromatic carbocycles. The molecule has 186 valence electrons. The molecule has 1 saturated heterocycles. The number of nitrogens with one attached hydrogen (secondary N) is 2. The quantitative estimate of drug-likeness (QED) is 0.452. The first kappa shape index (κ1) is 25.7. The molecule has 2 fully saturated rings. The highest BCUT2D eigenvalue weighted by Gasteiger charge is 2.28. The molecule has 1 unspecified atom stereocenters. The maximum absolute atomic E-state index is 12.8. The first-order chi connectivity index (χ1) is 16.5. The van der Waals surface area contributed by atoms with E-state index in [4.69, 9.17) is 5.11 Å². The zero-order chi connectivity index (χ0) is 24.3. The van der Waals surface area contributed by atoms with Crippen LogP contribution in [0.3, 0.4) is 0 Å². The van der Waals surface area contributed by atoms with Crippen LogP contribution in [-0.2, 0) is 14.4 Å². The second-order valence-electron chi connectivity index (χ2n) is 9.62. The smallest absolute Gasteiger partial charge is 0.405 e. The Morgan fingerprint density at radius 3 is 2.44 bits per heavy atom. The number of carbonyl (C=O) groups is 4. The van der Waals surface area contributed by atoms with Crippen LogP contribution in [0.4, 0.5) is 4.79 Å². The number of aldehydes is 1. The van der Waals surface area contributed by atoms with Gasteiger partial charge in [-0.15, -0.1) is 0 Å². The van der Waals surface area contributed by atoms with Gasteiger partial charge in [-0.05, 0) is 37.2 Å². The monoisotopic (exact) mass is 471 g/mol. The van der Waals surface area contributed by atoms with Crippen LogP contribution in [0.5, 0.6) is 0 Å². The summed E-state index contributed by atoms with van der Waals surface area (Å²) in [6.07, 6.45) is 7.45. The molecule has 3 N–H and O–H groups in total. The van der Waals surface area contributed by atoms with Crippen LogP contribution in [0, 0.1) is 5.92 Å². The Kier molecular flexibility index (Phi) is 9.91. The number of hydrogen-bond acceptors (Lipinski definition) is 4. The average Bonchev–Trinajstić information content (AvgIpc) is 2.86. The van der Waals surface area contributed by atoms with Crippen molar-refractivity contribution in [1.29, 1.82) is 0 Å². The third-order valence-corrected chi connectivity index (χ3v) is 7.11. The van der Waals surface area contributed by atoms with E-state index >= 15 is 0 Å². The largest absolute Gasteiger partial charge is 0.465 e. The van der Waals surface area contributed by atoms with Crippen molar-refractivity contribution < 1.29 is 24.3 Å². The van der Waals surface area contributed by atoms with Gasteiger partial charge in [-0.3, -0.25) is 9.59 Å². The Morgan fingerprint density at radius 2 is 1.76 bits per heavy atom. The summed E-state index contributed by atoms with van der Waals surface area (Å²) in [5.41, 5.74) is 1.23. The molecule has 3 amide bonds. The minimum absolute atomic E-state index is 0.0239. The summed E-state index contributed by atoms with van der Waals surface area (Å²) in [5.74, 6) is 0.0798. The summed E-state index contributed by atoms with van der Waals surface area (Å²) in [7, 11) is 0. The summed E-state index contributed by atoms with van der Waals surface area (Å²) in [6, 6.07) is 8.46. The summed E-state index contributed by atoms with van der Waals surface area (Å²) in [5, 5.41) is 14.1. The van der Waals surface area contributed by atoms with Crippen molar-refractivity contribution in [1.82, 2.24) is 15.5 Å². The average molecular weight is 472 g/mol. The van der Waals surface area contributed by atoms with Gasteiger partial charge >= 0.3 is 6.09 Å². The van der Waals surface area contributed by atoms with Gasteiger partial charge in [0.05, 0.1) is 6.04 Å². The number of likely N-dealkylation sites (tertiary alicyclic amines) is 1. The molecule has 1 saturated carbocycles. The third-order valence-electron chi connectivity index (χ3n) is 7.11. The van der Waals surface area contributed by atoms with E-state index in [0.29, 0.717) is 37.6 Å². The number of carboxylic acid groups (broad SMARTS) is 1. The Labute approximate surface area is 201 Å². The highest BCUT2D eigenvalue weighted by Crippen LogP contribution is 2.28. The standard InChI is InChI=1S/C26H37N3O5/c30-18-22(27-25(32)23(28-26(33)34)16-19-8-3-1-4-9-19)13-14-24(31)29-15-7-12-21(17-29)20-10-5-2-6-11-20/h2,5-6,10-11,18-19,21-23,28H,1,3-4,7-9,12-17H2,(H,27,32)(H,33,34)/t21?,22-,23-/m0/s1. The molecule has 1 heterocycles. The molecule has 0 radical (unpaired) electrons. The molecule has 8 heteroatoms. The van der Waals surface area contributed by atoms with Gasteiger partial charge in [-0.2, -0.15) is 0 Å². The first-order valence-corrected chi connectivity index (χ1v) is 12.5. The van der Waals surface area contributed by atoms with Crippen LogP contribution in [-0.4, -0.2) is 59.4 Å². The van der Waals surface area contributed by atoms with E-state index in [9.17, 15) is 19.2 Å². The Hall–Kier alpha value is -2.90. The second-order valence-corrected chi connectivity index (χ2v) is 9.62. The van der Waals surface area contributed by atoms with Crippen LogP contribution in [0.1, 0.15) is 75.7 Å². The van der Waals surface area contributed by atoms with Gasteiger partial charge < -0.3 is 25.4 Å². The van der Waals surface area contributed by atoms with Gasteiger partial charge in [0.2, 0.25) is 11.8 Å². The van der Waals surface area contributed by atoms with Crippen LogP contribution in [0.25, 0.3) is 0 Å². The zero-order valence-electron chi connectivity index (χ0n) is 19.8. The number of amides is 3. The maximum Gasteiger partial charge on any atom is 0.405 e. The van der Waals surface area contributed by atoms with Crippen LogP contribution >= 0.6 is 0 Å².